The van der Waals surface area contributed by atoms with Crippen LogP contribution in [-0.4, -0.2) is 17.0 Å². The molecule has 0 amide bonds. The number of esters is 1. The summed E-state index contributed by atoms with van der Waals surface area (Å²) in [5, 5.41) is 8.56. The molecule has 1 fully saturated rings. The molecule has 4 heteroatoms. The second-order valence-electron chi connectivity index (χ2n) is 8.46. The molecule has 1 aliphatic carbocycles. The van der Waals surface area contributed by atoms with Crippen LogP contribution < -0.4 is 0 Å². The average Bonchev–Trinajstić information content (AvgIpc) is 2.69. The first-order chi connectivity index (χ1) is 14.1. The van der Waals surface area contributed by atoms with E-state index in [0.29, 0.717) is 6.42 Å². The van der Waals surface area contributed by atoms with E-state index in [9.17, 15) is 9.59 Å². The van der Waals surface area contributed by atoms with Crippen LogP contribution in [0.1, 0.15) is 129 Å². The van der Waals surface area contributed by atoms with Crippen LogP contribution in [0.4, 0.5) is 0 Å². The van der Waals surface area contributed by atoms with Crippen molar-refractivity contribution in [2.75, 3.05) is 0 Å². The number of hydrogen-bond donors (Lipinski definition) is 1. The van der Waals surface area contributed by atoms with E-state index >= 15 is 0 Å². The Kier molecular flexibility index (Phi) is 20.4. The molecular weight excluding hydrogens is 364 g/mol. The van der Waals surface area contributed by atoms with E-state index in [2.05, 4.69) is 11.3 Å². The zero-order valence-electron chi connectivity index (χ0n) is 19.0. The molecule has 0 atom stereocenters. The minimum Gasteiger partial charge on any atom is -0.481 e. The highest BCUT2D eigenvalue weighted by Crippen LogP contribution is 2.28. The third kappa shape index (κ3) is 22.8. The molecule has 0 bridgehead atoms. The number of rotatable bonds is 16. The van der Waals surface area contributed by atoms with Gasteiger partial charge in [0.15, 0.2) is 0 Å². The Bertz CT molecular complexity index is 400. The van der Waals surface area contributed by atoms with Crippen molar-refractivity contribution in [3.05, 3.63) is 12.8 Å². The molecule has 0 spiro atoms. The first-order valence-electron chi connectivity index (χ1n) is 12.1. The lowest BCUT2D eigenvalue weighted by atomic mass is 9.85. The zero-order valence-corrected chi connectivity index (χ0v) is 19.0. The van der Waals surface area contributed by atoms with Crippen molar-refractivity contribution in [2.45, 2.75) is 129 Å². The fourth-order valence-electron chi connectivity index (χ4n) is 4.07. The van der Waals surface area contributed by atoms with Gasteiger partial charge < -0.3 is 9.84 Å². The van der Waals surface area contributed by atoms with Crippen molar-refractivity contribution < 1.29 is 19.4 Å². The average molecular weight is 411 g/mol. The highest BCUT2D eigenvalue weighted by Gasteiger charge is 2.12. The maximum Gasteiger partial charge on any atom is 0.307 e. The van der Waals surface area contributed by atoms with Gasteiger partial charge in [-0.1, -0.05) is 116 Å². The van der Waals surface area contributed by atoms with Crippen LogP contribution in [0.15, 0.2) is 12.8 Å². The smallest absolute Gasteiger partial charge is 0.307 e. The molecule has 0 aromatic carbocycles. The maximum absolute atomic E-state index is 10.4. The fraction of sp³-hybridized carbons (Fsp3) is 0.840. The van der Waals surface area contributed by atoms with Crippen LogP contribution in [-0.2, 0) is 14.3 Å². The SMILES string of the molecule is C=COC(C)=O.O=C(O)CCCCCCCCCCCCCCC1CCCCC1. The molecule has 0 unspecified atom stereocenters. The number of aliphatic carboxylic acids is 1. The Labute approximate surface area is 179 Å². The number of ether oxygens (including phenoxy) is 1. The van der Waals surface area contributed by atoms with Crippen molar-refractivity contribution in [3.63, 3.8) is 0 Å². The van der Waals surface area contributed by atoms with E-state index in [1.165, 1.54) is 110 Å². The molecule has 1 saturated carbocycles. The van der Waals surface area contributed by atoms with E-state index in [0.717, 1.165) is 25.0 Å². The summed E-state index contributed by atoms with van der Waals surface area (Å²) in [6.07, 6.45) is 26.2. The topological polar surface area (TPSA) is 63.6 Å². The molecule has 1 N–H and O–H groups in total. The Balaban J connectivity index is 0.00000113. The van der Waals surface area contributed by atoms with Crippen LogP contribution in [0.5, 0.6) is 0 Å². The van der Waals surface area contributed by atoms with Crippen LogP contribution in [0.3, 0.4) is 0 Å². The summed E-state index contributed by atoms with van der Waals surface area (Å²) < 4.78 is 4.17. The van der Waals surface area contributed by atoms with Gasteiger partial charge in [0.2, 0.25) is 0 Å². The van der Waals surface area contributed by atoms with Crippen LogP contribution in [0, 0.1) is 5.92 Å². The lowest BCUT2D eigenvalue weighted by molar-refractivity contribution is -0.137. The lowest BCUT2D eigenvalue weighted by Crippen LogP contribution is -2.05. The maximum atomic E-state index is 10.4. The molecule has 0 saturated heterocycles. The number of hydrogen-bond acceptors (Lipinski definition) is 3. The second kappa shape index (κ2) is 21.4. The highest BCUT2D eigenvalue weighted by molar-refractivity contribution is 5.66. The third-order valence-corrected chi connectivity index (χ3v) is 5.73. The molecule has 0 aromatic rings. The van der Waals surface area contributed by atoms with Crippen molar-refractivity contribution >= 4 is 11.9 Å². The molecule has 1 aliphatic rings. The minimum atomic E-state index is -0.649. The van der Waals surface area contributed by atoms with Gasteiger partial charge in [-0.05, 0) is 12.3 Å². The van der Waals surface area contributed by atoms with E-state index in [-0.39, 0.29) is 5.97 Å². The Morgan fingerprint density at radius 1 is 0.828 bits per heavy atom. The zero-order chi connectivity index (χ0) is 21.6. The molecule has 29 heavy (non-hydrogen) atoms. The summed E-state index contributed by atoms with van der Waals surface area (Å²) in [6, 6.07) is 0. The molecule has 1 rings (SSSR count). The first-order valence-corrected chi connectivity index (χ1v) is 12.1. The Hall–Kier alpha value is -1.32. The molecule has 4 nitrogen and oxygen atoms in total. The quantitative estimate of drug-likeness (QED) is 0.160. The second-order valence-corrected chi connectivity index (χ2v) is 8.46. The van der Waals surface area contributed by atoms with Gasteiger partial charge in [0, 0.05) is 13.3 Å². The monoisotopic (exact) mass is 410 g/mol. The summed E-state index contributed by atoms with van der Waals surface area (Å²) in [4.78, 5) is 20.1. The van der Waals surface area contributed by atoms with E-state index in [4.69, 9.17) is 5.11 Å². The molecule has 0 aliphatic heterocycles. The van der Waals surface area contributed by atoms with Crippen LogP contribution >= 0.6 is 0 Å². The molecule has 0 heterocycles. The van der Waals surface area contributed by atoms with Gasteiger partial charge in [-0.25, -0.2) is 0 Å². The van der Waals surface area contributed by atoms with Gasteiger partial charge in [-0.15, -0.1) is 0 Å². The normalized spacial score (nSPS) is 14.0. The van der Waals surface area contributed by atoms with E-state index in [1.807, 2.05) is 0 Å². The van der Waals surface area contributed by atoms with Crippen molar-refractivity contribution in [1.29, 1.82) is 0 Å². The fourth-order valence-corrected chi connectivity index (χ4v) is 4.07. The van der Waals surface area contributed by atoms with Crippen LogP contribution in [0.25, 0.3) is 0 Å². The lowest BCUT2D eigenvalue weighted by Gasteiger charge is -2.21. The minimum absolute atomic E-state index is 0.329. The highest BCUT2D eigenvalue weighted by atomic mass is 16.5. The van der Waals surface area contributed by atoms with Crippen molar-refractivity contribution in [2.24, 2.45) is 5.92 Å². The summed E-state index contributed by atoms with van der Waals surface area (Å²) >= 11 is 0. The number of carbonyl (C=O) groups excluding carboxylic acids is 1. The Morgan fingerprint density at radius 3 is 1.66 bits per heavy atom. The van der Waals surface area contributed by atoms with Gasteiger partial charge in [0.1, 0.15) is 0 Å². The summed E-state index contributed by atoms with van der Waals surface area (Å²) in [7, 11) is 0. The largest absolute Gasteiger partial charge is 0.481 e. The summed E-state index contributed by atoms with van der Waals surface area (Å²) in [5.74, 6) is 0.0907. The number of carboxylic acid groups (broad SMARTS) is 1. The third-order valence-electron chi connectivity index (χ3n) is 5.73. The standard InChI is InChI=1S/C21H40O2.C4H6O2/c22-21(23)19-15-10-8-6-4-2-1-3-5-7-9-12-16-20-17-13-11-14-18-20;1-3-6-4(2)5/h20H,1-19H2,(H,22,23);3H,1H2,2H3. The van der Waals surface area contributed by atoms with Gasteiger partial charge in [-0.3, -0.25) is 9.59 Å². The molecular formula is C25H46O4. The molecule has 0 aromatic heterocycles. The van der Waals surface area contributed by atoms with Crippen molar-refractivity contribution in [3.8, 4) is 0 Å². The predicted molar refractivity (Wildman–Crippen MR) is 121 cm³/mol. The predicted octanol–water partition coefficient (Wildman–Crippen LogP) is 7.81. The first kappa shape index (κ1) is 27.7. The summed E-state index contributed by atoms with van der Waals surface area (Å²) in [6.45, 7) is 4.48. The molecule has 170 valence electrons. The van der Waals surface area contributed by atoms with Gasteiger partial charge in [0.05, 0.1) is 6.26 Å². The van der Waals surface area contributed by atoms with Gasteiger partial charge >= 0.3 is 11.9 Å². The Morgan fingerprint density at radius 2 is 1.28 bits per heavy atom. The van der Waals surface area contributed by atoms with Gasteiger partial charge in [-0.2, -0.15) is 0 Å². The summed E-state index contributed by atoms with van der Waals surface area (Å²) in [5.41, 5.74) is 0. The van der Waals surface area contributed by atoms with Crippen molar-refractivity contribution in [1.82, 2.24) is 0 Å². The number of carboxylic acids is 1. The van der Waals surface area contributed by atoms with E-state index < -0.39 is 5.97 Å². The number of unbranched alkanes of at least 4 members (excludes halogenated alkanes) is 11. The van der Waals surface area contributed by atoms with Gasteiger partial charge in [0.25, 0.3) is 0 Å². The number of carbonyl (C=O) groups is 2. The van der Waals surface area contributed by atoms with E-state index in [1.54, 1.807) is 0 Å². The molecule has 0 radical (unpaired) electrons. The van der Waals surface area contributed by atoms with Crippen LogP contribution in [0.2, 0.25) is 0 Å².